The molecule has 1 heterocycles. The summed E-state index contributed by atoms with van der Waals surface area (Å²) in [6, 6.07) is 2.88. The van der Waals surface area contributed by atoms with Crippen LogP contribution in [0.1, 0.15) is 49.2 Å². The van der Waals surface area contributed by atoms with Gasteiger partial charge in [0.05, 0.1) is 4.88 Å². The highest BCUT2D eigenvalue weighted by Gasteiger charge is 2.27. The van der Waals surface area contributed by atoms with Crippen molar-refractivity contribution in [3.63, 3.8) is 0 Å². The second-order valence-electron chi connectivity index (χ2n) is 6.33. The number of nitrogens with one attached hydrogen (secondary N) is 2. The van der Waals surface area contributed by atoms with Crippen LogP contribution in [0.15, 0.2) is 17.5 Å². The SMILES string of the molecule is CC(C)[C@@H](NC(=O)c1cccs1)C(=O)OCC(=O)NC1CCCC1. The summed E-state index contributed by atoms with van der Waals surface area (Å²) in [5.74, 6) is -1.32. The third-order valence-electron chi connectivity index (χ3n) is 4.02. The lowest BCUT2D eigenvalue weighted by Crippen LogP contribution is -2.46. The second-order valence-corrected chi connectivity index (χ2v) is 7.28. The molecule has 1 fully saturated rings. The molecule has 0 aliphatic heterocycles. The number of carbonyl (C=O) groups excluding carboxylic acids is 3. The molecule has 2 amide bonds. The van der Waals surface area contributed by atoms with Gasteiger partial charge in [-0.15, -0.1) is 11.3 Å². The predicted molar refractivity (Wildman–Crippen MR) is 91.8 cm³/mol. The molecule has 1 aromatic heterocycles. The number of ether oxygens (including phenoxy) is 1. The highest BCUT2D eigenvalue weighted by atomic mass is 32.1. The zero-order chi connectivity index (χ0) is 17.5. The van der Waals surface area contributed by atoms with E-state index in [1.54, 1.807) is 17.5 Å². The number of thiophene rings is 1. The highest BCUT2D eigenvalue weighted by molar-refractivity contribution is 7.12. The van der Waals surface area contributed by atoms with Crippen molar-refractivity contribution in [2.24, 2.45) is 5.92 Å². The first-order valence-corrected chi connectivity index (χ1v) is 9.15. The minimum absolute atomic E-state index is 0.140. The molecule has 2 rings (SSSR count). The molecule has 1 aliphatic carbocycles. The summed E-state index contributed by atoms with van der Waals surface area (Å²) in [5.41, 5.74) is 0. The Morgan fingerprint density at radius 1 is 1.29 bits per heavy atom. The summed E-state index contributed by atoms with van der Waals surface area (Å²) in [4.78, 5) is 36.7. The van der Waals surface area contributed by atoms with Crippen molar-refractivity contribution in [2.75, 3.05) is 6.61 Å². The van der Waals surface area contributed by atoms with E-state index in [2.05, 4.69) is 10.6 Å². The minimum atomic E-state index is -0.779. The van der Waals surface area contributed by atoms with Gasteiger partial charge in [-0.05, 0) is 30.2 Å². The van der Waals surface area contributed by atoms with Gasteiger partial charge in [0.25, 0.3) is 11.8 Å². The largest absolute Gasteiger partial charge is 0.454 e. The summed E-state index contributed by atoms with van der Waals surface area (Å²) in [7, 11) is 0. The van der Waals surface area contributed by atoms with Gasteiger partial charge < -0.3 is 15.4 Å². The minimum Gasteiger partial charge on any atom is -0.454 e. The smallest absolute Gasteiger partial charge is 0.329 e. The number of carbonyl (C=O) groups is 3. The molecule has 7 heteroatoms. The van der Waals surface area contributed by atoms with Crippen LogP contribution in [0.5, 0.6) is 0 Å². The average molecular weight is 352 g/mol. The first-order valence-electron chi connectivity index (χ1n) is 8.27. The molecule has 1 aromatic rings. The lowest BCUT2D eigenvalue weighted by atomic mass is 10.0. The number of hydrogen-bond donors (Lipinski definition) is 2. The predicted octanol–water partition coefficient (Wildman–Crippen LogP) is 2.10. The Morgan fingerprint density at radius 2 is 2.00 bits per heavy atom. The lowest BCUT2D eigenvalue weighted by molar-refractivity contribution is -0.151. The van der Waals surface area contributed by atoms with Crippen LogP contribution in [-0.4, -0.2) is 36.5 Å². The summed E-state index contributed by atoms with van der Waals surface area (Å²) in [5, 5.41) is 7.34. The molecule has 0 saturated heterocycles. The van der Waals surface area contributed by atoms with Gasteiger partial charge in [-0.25, -0.2) is 4.79 Å². The third-order valence-corrected chi connectivity index (χ3v) is 4.89. The van der Waals surface area contributed by atoms with E-state index in [1.807, 2.05) is 13.8 Å². The van der Waals surface area contributed by atoms with Crippen LogP contribution in [0.25, 0.3) is 0 Å². The topological polar surface area (TPSA) is 84.5 Å². The molecule has 6 nitrogen and oxygen atoms in total. The fourth-order valence-electron chi connectivity index (χ4n) is 2.68. The van der Waals surface area contributed by atoms with E-state index >= 15 is 0 Å². The maximum absolute atomic E-state index is 12.2. The van der Waals surface area contributed by atoms with Crippen molar-refractivity contribution < 1.29 is 19.1 Å². The zero-order valence-corrected chi connectivity index (χ0v) is 14.9. The maximum atomic E-state index is 12.2. The van der Waals surface area contributed by atoms with Crippen LogP contribution in [0.2, 0.25) is 0 Å². The molecule has 24 heavy (non-hydrogen) atoms. The number of esters is 1. The van der Waals surface area contributed by atoms with Crippen molar-refractivity contribution in [1.82, 2.24) is 10.6 Å². The van der Waals surface area contributed by atoms with E-state index in [9.17, 15) is 14.4 Å². The van der Waals surface area contributed by atoms with E-state index in [4.69, 9.17) is 4.74 Å². The molecule has 0 radical (unpaired) electrons. The van der Waals surface area contributed by atoms with E-state index < -0.39 is 12.0 Å². The quantitative estimate of drug-likeness (QED) is 0.736. The Kier molecular flexibility index (Phi) is 6.78. The third kappa shape index (κ3) is 5.33. The van der Waals surface area contributed by atoms with Gasteiger partial charge in [-0.1, -0.05) is 32.8 Å². The number of rotatable bonds is 7. The first kappa shape index (κ1) is 18.4. The van der Waals surface area contributed by atoms with E-state index in [-0.39, 0.29) is 30.4 Å². The van der Waals surface area contributed by atoms with Crippen LogP contribution < -0.4 is 10.6 Å². The Hall–Kier alpha value is -1.89. The Morgan fingerprint density at radius 3 is 2.58 bits per heavy atom. The highest BCUT2D eigenvalue weighted by Crippen LogP contribution is 2.17. The Labute approximate surface area is 146 Å². The molecule has 1 saturated carbocycles. The summed E-state index contributed by atoms with van der Waals surface area (Å²) in [6.45, 7) is 3.33. The fraction of sp³-hybridized carbons (Fsp3) is 0.588. The molecule has 0 bridgehead atoms. The molecular formula is C17H24N2O4S. The van der Waals surface area contributed by atoms with Gasteiger partial charge in [0.15, 0.2) is 6.61 Å². The molecule has 0 spiro atoms. The standard InChI is InChI=1S/C17H24N2O4S/c1-11(2)15(19-16(21)13-8-5-9-24-13)17(22)23-10-14(20)18-12-6-3-4-7-12/h5,8-9,11-12,15H,3-4,6-7,10H2,1-2H3,(H,18,20)(H,19,21)/t15-/m1/s1. The van der Waals surface area contributed by atoms with Crippen molar-refractivity contribution in [3.8, 4) is 0 Å². The van der Waals surface area contributed by atoms with Gasteiger partial charge in [-0.3, -0.25) is 9.59 Å². The van der Waals surface area contributed by atoms with Gasteiger partial charge >= 0.3 is 5.97 Å². The average Bonchev–Trinajstić information content (AvgIpc) is 3.23. The van der Waals surface area contributed by atoms with E-state index in [0.717, 1.165) is 25.7 Å². The summed E-state index contributed by atoms with van der Waals surface area (Å²) in [6.07, 6.45) is 4.19. The summed E-state index contributed by atoms with van der Waals surface area (Å²) < 4.78 is 5.09. The van der Waals surface area contributed by atoms with E-state index in [1.165, 1.54) is 11.3 Å². The van der Waals surface area contributed by atoms with Crippen LogP contribution in [0.4, 0.5) is 0 Å². The van der Waals surface area contributed by atoms with Crippen molar-refractivity contribution >= 4 is 29.1 Å². The molecule has 0 unspecified atom stereocenters. The monoisotopic (exact) mass is 352 g/mol. The molecular weight excluding hydrogens is 328 g/mol. The van der Waals surface area contributed by atoms with Gasteiger partial charge in [-0.2, -0.15) is 0 Å². The van der Waals surface area contributed by atoms with E-state index in [0.29, 0.717) is 4.88 Å². The molecule has 0 aromatic carbocycles. The van der Waals surface area contributed by atoms with Gasteiger partial charge in [0.2, 0.25) is 0 Å². The van der Waals surface area contributed by atoms with Crippen molar-refractivity contribution in [2.45, 2.75) is 51.6 Å². The fourth-order valence-corrected chi connectivity index (χ4v) is 3.31. The molecule has 1 aliphatic rings. The Balaban J connectivity index is 1.82. The number of amides is 2. The Bertz CT molecular complexity index is 565. The zero-order valence-electron chi connectivity index (χ0n) is 14.0. The maximum Gasteiger partial charge on any atom is 0.329 e. The summed E-state index contributed by atoms with van der Waals surface area (Å²) >= 11 is 1.30. The number of hydrogen-bond acceptors (Lipinski definition) is 5. The van der Waals surface area contributed by atoms with Gasteiger partial charge in [0.1, 0.15) is 6.04 Å². The first-order chi connectivity index (χ1) is 11.5. The lowest BCUT2D eigenvalue weighted by Gasteiger charge is -2.20. The van der Waals surface area contributed by atoms with Crippen LogP contribution in [0.3, 0.4) is 0 Å². The second kappa shape index (κ2) is 8.82. The van der Waals surface area contributed by atoms with Gasteiger partial charge in [0, 0.05) is 6.04 Å². The molecule has 2 N–H and O–H groups in total. The van der Waals surface area contributed by atoms with Crippen LogP contribution in [0, 0.1) is 5.92 Å². The molecule has 1 atom stereocenters. The molecule has 132 valence electrons. The van der Waals surface area contributed by atoms with Crippen molar-refractivity contribution in [3.05, 3.63) is 22.4 Å². The van der Waals surface area contributed by atoms with Crippen LogP contribution in [-0.2, 0) is 14.3 Å². The normalized spacial score (nSPS) is 16.0. The van der Waals surface area contributed by atoms with Crippen molar-refractivity contribution in [1.29, 1.82) is 0 Å². The van der Waals surface area contributed by atoms with Crippen LogP contribution >= 0.6 is 11.3 Å².